The molecule has 0 aliphatic carbocycles. The Labute approximate surface area is 94.6 Å². The van der Waals surface area contributed by atoms with Crippen LogP contribution in [0.15, 0.2) is 12.4 Å². The molecule has 1 unspecified atom stereocenters. The van der Waals surface area contributed by atoms with Gasteiger partial charge in [-0.25, -0.2) is 4.98 Å². The van der Waals surface area contributed by atoms with Crippen molar-refractivity contribution in [2.45, 2.75) is 18.3 Å². The van der Waals surface area contributed by atoms with Crippen molar-refractivity contribution < 1.29 is 18.7 Å². The van der Waals surface area contributed by atoms with Gasteiger partial charge < -0.3 is 10.8 Å². The Hall–Kier alpha value is -1.15. The third-order valence-corrected chi connectivity index (χ3v) is 2.86. The van der Waals surface area contributed by atoms with Crippen molar-refractivity contribution in [3.63, 3.8) is 0 Å². The van der Waals surface area contributed by atoms with Crippen LogP contribution in [0.1, 0.15) is 12.4 Å². The van der Waals surface area contributed by atoms with Crippen LogP contribution in [0.3, 0.4) is 0 Å². The largest absolute Gasteiger partial charge is 0.480 e. The van der Waals surface area contributed by atoms with Crippen LogP contribution in [-0.4, -0.2) is 32.4 Å². The molecule has 0 aliphatic rings. The van der Waals surface area contributed by atoms with Gasteiger partial charge in [0, 0.05) is 18.1 Å². The molecule has 0 saturated heterocycles. The zero-order valence-electron chi connectivity index (χ0n) is 8.22. The second-order valence-corrected chi connectivity index (χ2v) is 4.02. The summed E-state index contributed by atoms with van der Waals surface area (Å²) in [7, 11) is 0. The summed E-state index contributed by atoms with van der Waals surface area (Å²) in [5.41, 5.74) is 5.26. The Kier molecular flexibility index (Phi) is 4.69. The minimum Gasteiger partial charge on any atom is -0.480 e. The van der Waals surface area contributed by atoms with Gasteiger partial charge in [0.2, 0.25) is 0 Å². The van der Waals surface area contributed by atoms with Gasteiger partial charge in [-0.2, -0.15) is 20.5 Å². The van der Waals surface area contributed by atoms with Gasteiger partial charge in [-0.1, -0.05) is 0 Å². The highest BCUT2D eigenvalue weighted by atomic mass is 32.2. The molecule has 0 amide bonds. The van der Waals surface area contributed by atoms with Crippen LogP contribution >= 0.6 is 11.8 Å². The Morgan fingerprint density at radius 1 is 1.69 bits per heavy atom. The number of hydrogen-bond donors (Lipinski definition) is 2. The number of carboxylic acids is 1. The fourth-order valence-corrected chi connectivity index (χ4v) is 1.90. The molecule has 0 saturated carbocycles. The van der Waals surface area contributed by atoms with Crippen molar-refractivity contribution >= 4 is 17.7 Å². The summed E-state index contributed by atoms with van der Waals surface area (Å²) in [6.07, 6.45) is 2.46. The molecule has 0 spiro atoms. The second kappa shape index (κ2) is 5.80. The zero-order chi connectivity index (χ0) is 12.1. The Balaban J connectivity index is 2.43. The van der Waals surface area contributed by atoms with Crippen molar-refractivity contribution in [2.75, 3.05) is 5.75 Å². The Morgan fingerprint density at radius 3 is 2.94 bits per heavy atom. The minimum atomic E-state index is -2.63. The van der Waals surface area contributed by atoms with E-state index in [-0.39, 0.29) is 17.3 Å². The lowest BCUT2D eigenvalue weighted by molar-refractivity contribution is -0.137. The number of nitrogens with zero attached hydrogens (tertiary/aromatic N) is 2. The lowest BCUT2D eigenvalue weighted by Gasteiger charge is -2.07. The number of imidazole rings is 1. The van der Waals surface area contributed by atoms with E-state index < -0.39 is 18.6 Å². The average molecular weight is 251 g/mol. The molecule has 3 N–H and O–H groups in total. The van der Waals surface area contributed by atoms with Crippen LogP contribution in [0.5, 0.6) is 0 Å². The van der Waals surface area contributed by atoms with Crippen LogP contribution in [0.25, 0.3) is 0 Å². The highest BCUT2D eigenvalue weighted by Gasteiger charge is 2.14. The lowest BCUT2D eigenvalue weighted by atomic mass is 10.4. The molecule has 0 aliphatic heterocycles. The summed E-state index contributed by atoms with van der Waals surface area (Å²) < 4.78 is 25.5. The van der Waals surface area contributed by atoms with E-state index in [1.54, 1.807) is 0 Å². The van der Waals surface area contributed by atoms with Crippen molar-refractivity contribution in [3.8, 4) is 0 Å². The normalized spacial score (nSPS) is 13.0. The fourth-order valence-electron chi connectivity index (χ4n) is 0.982. The maximum atomic E-state index is 12.4. The molecule has 90 valence electrons. The summed E-state index contributed by atoms with van der Waals surface area (Å²) in [6, 6.07) is -0.986. The number of rotatable bonds is 6. The van der Waals surface area contributed by atoms with Gasteiger partial charge in [-0.05, 0) is 0 Å². The summed E-state index contributed by atoms with van der Waals surface area (Å²) in [6.45, 7) is -2.63. The number of thioether (sulfide) groups is 1. The molecule has 5 nitrogen and oxygen atoms in total. The maximum Gasteiger partial charge on any atom is 0.321 e. The molecule has 16 heavy (non-hydrogen) atoms. The molecule has 8 heteroatoms. The molecule has 0 radical (unpaired) electrons. The van der Waals surface area contributed by atoms with E-state index in [1.807, 2.05) is 0 Å². The molecule has 0 bridgehead atoms. The Bertz CT molecular complexity index is 359. The van der Waals surface area contributed by atoms with Crippen LogP contribution < -0.4 is 5.73 Å². The third-order valence-electron chi connectivity index (χ3n) is 1.80. The maximum absolute atomic E-state index is 12.4. The fraction of sp³-hybridized carbons (Fsp3) is 0.500. The van der Waals surface area contributed by atoms with Crippen molar-refractivity contribution in [2.24, 2.45) is 5.73 Å². The standard InChI is InChI=1S/C8H11F2N3O2S/c9-8(10)13-2-1-12-6(13)4-16-3-5(11)7(14)15/h1-2,5,8H,3-4,11H2,(H,14,15). The predicted molar refractivity (Wildman–Crippen MR) is 55.3 cm³/mol. The molecule has 1 aromatic rings. The zero-order valence-corrected chi connectivity index (χ0v) is 9.03. The summed E-state index contributed by atoms with van der Waals surface area (Å²) in [4.78, 5) is 14.1. The smallest absolute Gasteiger partial charge is 0.321 e. The van der Waals surface area contributed by atoms with E-state index in [0.29, 0.717) is 0 Å². The molecule has 1 heterocycles. The van der Waals surface area contributed by atoms with E-state index in [4.69, 9.17) is 10.8 Å². The van der Waals surface area contributed by atoms with E-state index in [9.17, 15) is 13.6 Å². The number of alkyl halides is 2. The predicted octanol–water partition coefficient (Wildman–Crippen LogP) is 0.923. The SMILES string of the molecule is NC(CSCc1nccn1C(F)F)C(=O)O. The number of nitrogens with two attached hydrogens (primary N) is 1. The number of hydrogen-bond acceptors (Lipinski definition) is 4. The van der Waals surface area contributed by atoms with E-state index in [0.717, 1.165) is 16.3 Å². The van der Waals surface area contributed by atoms with Gasteiger partial charge >= 0.3 is 12.5 Å². The van der Waals surface area contributed by atoms with E-state index in [2.05, 4.69) is 4.98 Å². The summed E-state index contributed by atoms with van der Waals surface area (Å²) >= 11 is 1.16. The van der Waals surface area contributed by atoms with E-state index in [1.165, 1.54) is 12.4 Å². The molecule has 0 fully saturated rings. The van der Waals surface area contributed by atoms with Gasteiger partial charge in [0.15, 0.2) is 0 Å². The summed E-state index contributed by atoms with van der Waals surface area (Å²) in [5, 5.41) is 8.50. The highest BCUT2D eigenvalue weighted by Crippen LogP contribution is 2.17. The molecule has 0 aromatic carbocycles. The van der Waals surface area contributed by atoms with Crippen LogP contribution in [0.4, 0.5) is 8.78 Å². The van der Waals surface area contributed by atoms with Crippen molar-refractivity contribution in [3.05, 3.63) is 18.2 Å². The number of aliphatic carboxylic acids is 1. The minimum absolute atomic E-state index is 0.158. The molecule has 1 aromatic heterocycles. The molecule has 1 atom stereocenters. The topological polar surface area (TPSA) is 81.1 Å². The van der Waals surface area contributed by atoms with Crippen LogP contribution in [0, 0.1) is 0 Å². The quantitative estimate of drug-likeness (QED) is 0.785. The number of aromatic nitrogens is 2. The first-order valence-electron chi connectivity index (χ1n) is 4.38. The Morgan fingerprint density at radius 2 is 2.38 bits per heavy atom. The number of halogens is 2. The second-order valence-electron chi connectivity index (χ2n) is 2.99. The number of carboxylic acid groups (broad SMARTS) is 1. The van der Waals surface area contributed by atoms with Gasteiger partial charge in [0.25, 0.3) is 0 Å². The van der Waals surface area contributed by atoms with Gasteiger partial charge in [0.05, 0.1) is 5.75 Å². The first-order valence-corrected chi connectivity index (χ1v) is 5.54. The van der Waals surface area contributed by atoms with Crippen molar-refractivity contribution in [1.29, 1.82) is 0 Å². The molecule has 1 rings (SSSR count). The molecular weight excluding hydrogens is 240 g/mol. The molecular formula is C8H11F2N3O2S. The van der Waals surface area contributed by atoms with Gasteiger partial charge in [-0.15, -0.1) is 0 Å². The van der Waals surface area contributed by atoms with E-state index >= 15 is 0 Å². The van der Waals surface area contributed by atoms with Crippen LogP contribution in [-0.2, 0) is 10.5 Å². The van der Waals surface area contributed by atoms with Gasteiger partial charge in [0.1, 0.15) is 11.9 Å². The first kappa shape index (κ1) is 12.9. The number of carbonyl (C=O) groups is 1. The highest BCUT2D eigenvalue weighted by molar-refractivity contribution is 7.98. The lowest BCUT2D eigenvalue weighted by Crippen LogP contribution is -2.32. The monoisotopic (exact) mass is 251 g/mol. The summed E-state index contributed by atoms with van der Waals surface area (Å²) in [5.74, 6) is -0.536. The van der Waals surface area contributed by atoms with Crippen molar-refractivity contribution in [1.82, 2.24) is 9.55 Å². The van der Waals surface area contributed by atoms with Crippen LogP contribution in [0.2, 0.25) is 0 Å². The third kappa shape index (κ3) is 3.46. The van der Waals surface area contributed by atoms with Gasteiger partial charge in [-0.3, -0.25) is 9.36 Å². The average Bonchev–Trinajstić information content (AvgIpc) is 2.65. The first-order chi connectivity index (χ1) is 7.52.